The number of Topliss-reactive ketones (excluding diaryl/α,β-unsaturated/α-hetero) is 1. The van der Waals surface area contributed by atoms with Gasteiger partial charge < -0.3 is 5.11 Å². The number of amides is 1. The van der Waals surface area contributed by atoms with E-state index in [0.29, 0.717) is 10.6 Å². The third kappa shape index (κ3) is 3.55. The van der Waals surface area contributed by atoms with Gasteiger partial charge in [-0.3, -0.25) is 24.6 Å². The number of hydrogen-bond donors (Lipinski definition) is 1. The van der Waals surface area contributed by atoms with Crippen molar-refractivity contribution in [1.29, 1.82) is 0 Å². The van der Waals surface area contributed by atoms with Gasteiger partial charge in [-0.1, -0.05) is 11.3 Å². The number of nitrogens with zero attached hydrogens (tertiary/aromatic N) is 4. The number of nitro groups is 1. The normalized spacial score (nSPS) is 17.9. The predicted molar refractivity (Wildman–Crippen MR) is 109 cm³/mol. The molecule has 9 nitrogen and oxygen atoms in total. The van der Waals surface area contributed by atoms with Crippen LogP contribution in [-0.4, -0.2) is 31.9 Å². The van der Waals surface area contributed by atoms with Crippen LogP contribution >= 0.6 is 11.3 Å². The van der Waals surface area contributed by atoms with Crippen LogP contribution in [0.2, 0.25) is 0 Å². The molecule has 1 fully saturated rings. The zero-order valence-electron chi connectivity index (χ0n) is 15.9. The lowest BCUT2D eigenvalue weighted by Gasteiger charge is -2.22. The van der Waals surface area contributed by atoms with Crippen molar-refractivity contribution in [2.75, 3.05) is 4.90 Å². The van der Waals surface area contributed by atoms with E-state index < -0.39 is 34.2 Å². The lowest BCUT2D eigenvalue weighted by molar-refractivity contribution is -0.384. The van der Waals surface area contributed by atoms with Crippen LogP contribution < -0.4 is 4.90 Å². The second-order valence-electron chi connectivity index (χ2n) is 6.63. The van der Waals surface area contributed by atoms with Crippen LogP contribution in [0.1, 0.15) is 22.2 Å². The molecule has 0 unspecified atom stereocenters. The van der Waals surface area contributed by atoms with E-state index in [1.165, 1.54) is 36.4 Å². The van der Waals surface area contributed by atoms with Gasteiger partial charge in [0.2, 0.25) is 5.13 Å². The molecule has 4 rings (SSSR count). The first-order chi connectivity index (χ1) is 14.8. The summed E-state index contributed by atoms with van der Waals surface area (Å²) in [4.78, 5) is 37.3. The summed E-state index contributed by atoms with van der Waals surface area (Å²) < 4.78 is 13.3. The van der Waals surface area contributed by atoms with Crippen LogP contribution in [0.25, 0.3) is 5.76 Å². The van der Waals surface area contributed by atoms with E-state index in [1.54, 1.807) is 6.92 Å². The largest absolute Gasteiger partial charge is 0.507 e. The molecule has 1 N–H and O–H groups in total. The minimum atomic E-state index is -1.10. The van der Waals surface area contributed by atoms with Gasteiger partial charge in [-0.2, -0.15) is 0 Å². The maximum Gasteiger partial charge on any atom is 0.301 e. The molecule has 156 valence electrons. The average Bonchev–Trinajstić information content (AvgIpc) is 3.29. The summed E-state index contributed by atoms with van der Waals surface area (Å²) in [7, 11) is 0. The van der Waals surface area contributed by atoms with Crippen molar-refractivity contribution >= 4 is 39.6 Å². The van der Waals surface area contributed by atoms with E-state index >= 15 is 0 Å². The summed E-state index contributed by atoms with van der Waals surface area (Å²) in [6, 6.07) is 8.94. The number of non-ortho nitro benzene ring substituents is 1. The van der Waals surface area contributed by atoms with Crippen molar-refractivity contribution in [2.24, 2.45) is 0 Å². The van der Waals surface area contributed by atoms with Gasteiger partial charge in [-0.25, -0.2) is 4.39 Å². The van der Waals surface area contributed by atoms with E-state index in [9.17, 15) is 29.2 Å². The summed E-state index contributed by atoms with van der Waals surface area (Å²) in [5, 5.41) is 30.4. The molecule has 31 heavy (non-hydrogen) atoms. The number of aliphatic hydroxyl groups is 1. The first-order valence-corrected chi connectivity index (χ1v) is 9.71. The monoisotopic (exact) mass is 440 g/mol. The van der Waals surface area contributed by atoms with Gasteiger partial charge in [0.15, 0.2) is 0 Å². The van der Waals surface area contributed by atoms with Crippen molar-refractivity contribution < 1.29 is 24.0 Å². The highest BCUT2D eigenvalue weighted by Gasteiger charge is 2.48. The lowest BCUT2D eigenvalue weighted by Crippen LogP contribution is -2.29. The van der Waals surface area contributed by atoms with Gasteiger partial charge in [0.1, 0.15) is 16.6 Å². The molecule has 0 aliphatic carbocycles. The van der Waals surface area contributed by atoms with Crippen molar-refractivity contribution in [3.8, 4) is 0 Å². The van der Waals surface area contributed by atoms with Crippen LogP contribution in [0.4, 0.5) is 15.2 Å². The van der Waals surface area contributed by atoms with E-state index in [-0.39, 0.29) is 22.0 Å². The molecule has 0 saturated carbocycles. The van der Waals surface area contributed by atoms with Gasteiger partial charge in [-0.15, -0.1) is 10.2 Å². The molecule has 2 heterocycles. The van der Waals surface area contributed by atoms with Gasteiger partial charge >= 0.3 is 5.91 Å². The Labute approximate surface area is 178 Å². The Morgan fingerprint density at radius 1 is 1.13 bits per heavy atom. The van der Waals surface area contributed by atoms with Crippen molar-refractivity contribution in [1.82, 2.24) is 10.2 Å². The molecule has 0 spiro atoms. The number of aliphatic hydroxyl groups excluding tert-OH is 1. The number of carbonyl (C=O) groups excluding carboxylic acids is 2. The summed E-state index contributed by atoms with van der Waals surface area (Å²) in [5.41, 5.74) is 0.0744. The molecule has 1 aliphatic heterocycles. The Morgan fingerprint density at radius 3 is 2.32 bits per heavy atom. The molecular weight excluding hydrogens is 427 g/mol. The number of halogens is 1. The summed E-state index contributed by atoms with van der Waals surface area (Å²) >= 11 is 1.08. The van der Waals surface area contributed by atoms with Gasteiger partial charge in [0, 0.05) is 17.7 Å². The first kappa shape index (κ1) is 20.3. The summed E-state index contributed by atoms with van der Waals surface area (Å²) in [6.45, 7) is 1.68. The Balaban J connectivity index is 1.92. The van der Waals surface area contributed by atoms with E-state index in [2.05, 4.69) is 10.2 Å². The van der Waals surface area contributed by atoms with Gasteiger partial charge in [0.05, 0.1) is 16.5 Å². The maximum absolute atomic E-state index is 13.3. The fraction of sp³-hybridized carbons (Fsp3) is 0.100. The number of hydrogen-bond acceptors (Lipinski definition) is 8. The average molecular weight is 440 g/mol. The molecule has 2 aromatic carbocycles. The third-order valence-electron chi connectivity index (χ3n) is 4.70. The van der Waals surface area contributed by atoms with Crippen LogP contribution in [0.5, 0.6) is 0 Å². The fourth-order valence-corrected chi connectivity index (χ4v) is 3.98. The number of aryl methyl sites for hydroxylation is 1. The van der Waals surface area contributed by atoms with Crippen molar-refractivity contribution in [2.45, 2.75) is 13.0 Å². The summed E-state index contributed by atoms with van der Waals surface area (Å²) in [5.74, 6) is -2.92. The van der Waals surface area contributed by atoms with Gasteiger partial charge in [0.25, 0.3) is 11.5 Å². The molecule has 11 heteroatoms. The van der Waals surface area contributed by atoms with E-state index in [0.717, 1.165) is 28.4 Å². The molecule has 0 bridgehead atoms. The number of ketones is 1. The smallest absolute Gasteiger partial charge is 0.301 e. The third-order valence-corrected chi connectivity index (χ3v) is 5.54. The second kappa shape index (κ2) is 7.69. The Bertz CT molecular complexity index is 1240. The second-order valence-corrected chi connectivity index (χ2v) is 7.79. The standard InChI is InChI=1S/C20H13FN4O5S/c1-10-22-23-20(31-10)24-16(11-4-8-14(9-5-11)25(29)30)15(18(27)19(24)28)17(26)12-2-6-13(21)7-3-12/h2-9,16,26H,1H3/t16-/m1/s1. The first-order valence-electron chi connectivity index (χ1n) is 8.89. The van der Waals surface area contributed by atoms with Crippen LogP contribution in [0.3, 0.4) is 0 Å². The fourth-order valence-electron chi connectivity index (χ4n) is 3.27. The molecule has 1 saturated heterocycles. The minimum Gasteiger partial charge on any atom is -0.507 e. The van der Waals surface area contributed by atoms with Crippen LogP contribution in [0.15, 0.2) is 54.1 Å². The number of nitro benzene ring substituents is 1. The predicted octanol–water partition coefficient (Wildman–Crippen LogP) is 3.52. The SMILES string of the molecule is Cc1nnc(N2C(=O)C(=O)C(=C(O)c3ccc(F)cc3)[C@H]2c2ccc([N+](=O)[O-])cc2)s1. The number of anilines is 1. The highest BCUT2D eigenvalue weighted by atomic mass is 32.1. The molecule has 1 aromatic heterocycles. The quantitative estimate of drug-likeness (QED) is 0.216. The zero-order valence-corrected chi connectivity index (χ0v) is 16.7. The Morgan fingerprint density at radius 2 is 1.77 bits per heavy atom. The Hall–Kier alpha value is -3.99. The van der Waals surface area contributed by atoms with E-state index in [1.807, 2.05) is 0 Å². The van der Waals surface area contributed by atoms with Crippen molar-refractivity contribution in [3.05, 3.63) is 86.2 Å². The van der Waals surface area contributed by atoms with Crippen LogP contribution in [0, 0.1) is 22.9 Å². The number of rotatable bonds is 4. The Kier molecular flexibility index (Phi) is 5.03. The minimum absolute atomic E-state index is 0.139. The topological polar surface area (TPSA) is 127 Å². The molecule has 0 radical (unpaired) electrons. The van der Waals surface area contributed by atoms with Crippen molar-refractivity contribution in [3.63, 3.8) is 0 Å². The number of benzene rings is 2. The maximum atomic E-state index is 13.3. The molecule has 3 aromatic rings. The van der Waals surface area contributed by atoms with E-state index in [4.69, 9.17) is 0 Å². The lowest BCUT2D eigenvalue weighted by atomic mass is 9.95. The van der Waals surface area contributed by atoms with Gasteiger partial charge in [-0.05, 0) is 48.9 Å². The number of aromatic nitrogens is 2. The van der Waals surface area contributed by atoms with Crippen LogP contribution in [-0.2, 0) is 9.59 Å². The molecular formula is C20H13FN4O5S. The molecule has 1 atom stereocenters. The summed E-state index contributed by atoms with van der Waals surface area (Å²) in [6.07, 6.45) is 0. The molecule has 1 amide bonds. The highest BCUT2D eigenvalue weighted by Crippen LogP contribution is 2.43. The zero-order chi connectivity index (χ0) is 22.3. The highest BCUT2D eigenvalue weighted by molar-refractivity contribution is 7.15. The molecule has 1 aliphatic rings. The number of carbonyl (C=O) groups is 2.